The van der Waals surface area contributed by atoms with Gasteiger partial charge in [0.2, 0.25) is 0 Å². The number of likely N-dealkylation sites (tertiary alicyclic amines) is 1. The zero-order valence-corrected chi connectivity index (χ0v) is 19.9. The van der Waals surface area contributed by atoms with Crippen LogP contribution in [-0.4, -0.2) is 48.1 Å². The fourth-order valence-electron chi connectivity index (χ4n) is 4.94. The molecule has 3 aromatic rings. The number of methoxy groups -OCH3 is 1. The lowest BCUT2D eigenvalue weighted by Gasteiger charge is -2.45. The molecule has 0 atom stereocenters. The predicted molar refractivity (Wildman–Crippen MR) is 126 cm³/mol. The zero-order valence-electron chi connectivity index (χ0n) is 19.9. The molecule has 2 aromatic carbocycles. The molecule has 3 heterocycles. The van der Waals surface area contributed by atoms with Crippen molar-refractivity contribution in [3.05, 3.63) is 71.5 Å². The summed E-state index contributed by atoms with van der Waals surface area (Å²) in [7, 11) is 1.41. The summed E-state index contributed by atoms with van der Waals surface area (Å²) in [6, 6.07) is 13.8. The SMILES string of the molecule is COc1cc(C(=O)N2CCC3(CC2)Oc2ccccc2-n2c(C(F)(F)F)ccc23)ccc1OCC(N)=O. The Hall–Kier alpha value is -4.15. The molecular weight excluding hydrogens is 491 g/mol. The lowest BCUT2D eigenvalue weighted by molar-refractivity contribution is -0.143. The van der Waals surface area contributed by atoms with Crippen molar-refractivity contribution >= 4 is 11.8 Å². The van der Waals surface area contributed by atoms with E-state index in [4.69, 9.17) is 19.9 Å². The number of fused-ring (bicyclic) bond motifs is 4. The molecule has 194 valence electrons. The van der Waals surface area contributed by atoms with Crippen LogP contribution >= 0.6 is 0 Å². The maximum absolute atomic E-state index is 13.8. The Bertz CT molecular complexity index is 1360. The molecule has 2 aliphatic rings. The first-order valence-corrected chi connectivity index (χ1v) is 11.6. The summed E-state index contributed by atoms with van der Waals surface area (Å²) in [5.74, 6) is -0.00769. The number of nitrogens with zero attached hydrogens (tertiary/aromatic N) is 2. The number of nitrogens with two attached hydrogens (primary N) is 1. The van der Waals surface area contributed by atoms with Crippen LogP contribution in [0.3, 0.4) is 0 Å². The second kappa shape index (κ2) is 9.06. The van der Waals surface area contributed by atoms with Gasteiger partial charge in [-0.2, -0.15) is 13.2 Å². The molecule has 2 amide bonds. The van der Waals surface area contributed by atoms with Crippen LogP contribution in [0.5, 0.6) is 17.2 Å². The van der Waals surface area contributed by atoms with Crippen LogP contribution in [-0.2, 0) is 16.6 Å². The number of halogens is 3. The highest BCUT2D eigenvalue weighted by molar-refractivity contribution is 5.95. The number of hydrogen-bond acceptors (Lipinski definition) is 5. The van der Waals surface area contributed by atoms with Crippen molar-refractivity contribution in [1.29, 1.82) is 0 Å². The summed E-state index contributed by atoms with van der Waals surface area (Å²) in [4.78, 5) is 25.9. The first-order chi connectivity index (χ1) is 17.6. The minimum Gasteiger partial charge on any atom is -0.493 e. The number of piperidine rings is 1. The molecule has 37 heavy (non-hydrogen) atoms. The minimum atomic E-state index is -4.53. The van der Waals surface area contributed by atoms with Crippen LogP contribution in [0, 0.1) is 0 Å². The molecule has 0 bridgehead atoms. The lowest BCUT2D eigenvalue weighted by atomic mass is 9.86. The molecule has 5 rings (SSSR count). The van der Waals surface area contributed by atoms with Crippen molar-refractivity contribution < 1.29 is 37.0 Å². The Labute approximate surface area is 210 Å². The van der Waals surface area contributed by atoms with E-state index in [0.717, 1.165) is 6.07 Å². The van der Waals surface area contributed by atoms with Crippen LogP contribution < -0.4 is 19.9 Å². The van der Waals surface area contributed by atoms with Crippen molar-refractivity contribution in [2.45, 2.75) is 24.6 Å². The molecular formula is C26H24F3N3O5. The highest BCUT2D eigenvalue weighted by Gasteiger charge is 2.48. The van der Waals surface area contributed by atoms with E-state index >= 15 is 0 Å². The van der Waals surface area contributed by atoms with Gasteiger partial charge in [0, 0.05) is 31.5 Å². The molecule has 1 aromatic heterocycles. The van der Waals surface area contributed by atoms with Gasteiger partial charge in [0.05, 0.1) is 18.5 Å². The number of ether oxygens (including phenoxy) is 3. The second-order valence-corrected chi connectivity index (χ2v) is 8.91. The van der Waals surface area contributed by atoms with E-state index < -0.39 is 23.4 Å². The predicted octanol–water partition coefficient (Wildman–Crippen LogP) is 3.89. The summed E-state index contributed by atoms with van der Waals surface area (Å²) in [6.45, 7) is 0.213. The molecule has 0 aliphatic carbocycles. The third-order valence-electron chi connectivity index (χ3n) is 6.69. The van der Waals surface area contributed by atoms with Gasteiger partial charge in [-0.15, -0.1) is 0 Å². The summed E-state index contributed by atoms with van der Waals surface area (Å²) in [6.07, 6.45) is -3.91. The highest BCUT2D eigenvalue weighted by atomic mass is 19.4. The van der Waals surface area contributed by atoms with Crippen LogP contribution in [0.4, 0.5) is 13.2 Å². The zero-order chi connectivity index (χ0) is 26.4. The third-order valence-corrected chi connectivity index (χ3v) is 6.69. The van der Waals surface area contributed by atoms with Gasteiger partial charge in [0.25, 0.3) is 11.8 Å². The largest absolute Gasteiger partial charge is 0.493 e. The topological polar surface area (TPSA) is 96.0 Å². The molecule has 8 nitrogen and oxygen atoms in total. The Morgan fingerprint density at radius 3 is 2.46 bits per heavy atom. The summed E-state index contributed by atoms with van der Waals surface area (Å²) >= 11 is 0. The molecule has 2 N–H and O–H groups in total. The normalized spacial score (nSPS) is 15.9. The molecule has 2 aliphatic heterocycles. The number of hydrogen-bond donors (Lipinski definition) is 1. The molecule has 0 radical (unpaired) electrons. The first kappa shape index (κ1) is 24.5. The van der Waals surface area contributed by atoms with E-state index in [0.29, 0.717) is 35.5 Å². The Kier molecular flexibility index (Phi) is 6.01. The summed E-state index contributed by atoms with van der Waals surface area (Å²) in [5, 5.41) is 0. The number of benzene rings is 2. The van der Waals surface area contributed by atoms with Gasteiger partial charge in [-0.25, -0.2) is 0 Å². The van der Waals surface area contributed by atoms with Crippen LogP contribution in [0.25, 0.3) is 5.69 Å². The van der Waals surface area contributed by atoms with Gasteiger partial charge in [-0.1, -0.05) is 12.1 Å². The van der Waals surface area contributed by atoms with E-state index in [2.05, 4.69) is 0 Å². The number of alkyl halides is 3. The Balaban J connectivity index is 1.39. The van der Waals surface area contributed by atoms with Crippen molar-refractivity contribution in [3.8, 4) is 22.9 Å². The molecule has 11 heteroatoms. The van der Waals surface area contributed by atoms with E-state index in [1.165, 1.54) is 29.9 Å². The standard InChI is InChI=1S/C26H24F3N3O5/c1-35-20-14-16(6-7-19(20)36-15-23(30)33)24(34)31-12-10-25(11-13-31)21-8-9-22(26(27,28)29)32(21)17-4-2-3-5-18(17)37-25/h2-9,14H,10-13,15H2,1H3,(H2,30,33). The Morgan fingerprint density at radius 2 is 1.78 bits per heavy atom. The van der Waals surface area contributed by atoms with Gasteiger partial charge >= 0.3 is 6.18 Å². The molecule has 1 fully saturated rings. The van der Waals surface area contributed by atoms with Crippen LogP contribution in [0.2, 0.25) is 0 Å². The summed E-state index contributed by atoms with van der Waals surface area (Å²) < 4.78 is 59.7. The fraction of sp³-hybridized carbons (Fsp3) is 0.308. The third kappa shape index (κ3) is 4.34. The van der Waals surface area contributed by atoms with Gasteiger partial charge in [-0.05, 0) is 42.5 Å². The van der Waals surface area contributed by atoms with Gasteiger partial charge < -0.3 is 29.4 Å². The average Bonchev–Trinajstić information content (AvgIpc) is 3.35. The molecule has 1 saturated heterocycles. The quantitative estimate of drug-likeness (QED) is 0.556. The van der Waals surface area contributed by atoms with E-state index in [9.17, 15) is 22.8 Å². The number of carbonyl (C=O) groups is 2. The number of rotatable bonds is 5. The Morgan fingerprint density at radius 1 is 1.05 bits per heavy atom. The van der Waals surface area contributed by atoms with Crippen LogP contribution in [0.15, 0.2) is 54.6 Å². The van der Waals surface area contributed by atoms with E-state index in [1.54, 1.807) is 35.2 Å². The molecule has 0 unspecified atom stereocenters. The summed E-state index contributed by atoms with van der Waals surface area (Å²) in [5.41, 5.74) is 4.45. The van der Waals surface area contributed by atoms with Crippen molar-refractivity contribution in [1.82, 2.24) is 9.47 Å². The molecule has 1 spiro atoms. The smallest absolute Gasteiger partial charge is 0.431 e. The van der Waals surface area contributed by atoms with Gasteiger partial charge in [0.1, 0.15) is 11.4 Å². The monoisotopic (exact) mass is 515 g/mol. The fourth-order valence-corrected chi connectivity index (χ4v) is 4.94. The number of carbonyl (C=O) groups excluding carboxylic acids is 2. The van der Waals surface area contributed by atoms with Gasteiger partial charge in [0.15, 0.2) is 23.7 Å². The van der Waals surface area contributed by atoms with Crippen LogP contribution in [0.1, 0.15) is 34.6 Å². The van der Waals surface area contributed by atoms with E-state index in [1.807, 2.05) is 0 Å². The van der Waals surface area contributed by atoms with Crippen molar-refractivity contribution in [2.24, 2.45) is 5.73 Å². The highest BCUT2D eigenvalue weighted by Crippen LogP contribution is 2.48. The van der Waals surface area contributed by atoms with Crippen molar-refractivity contribution in [2.75, 3.05) is 26.8 Å². The first-order valence-electron chi connectivity index (χ1n) is 11.6. The molecule has 0 saturated carbocycles. The number of para-hydroxylation sites is 2. The minimum absolute atomic E-state index is 0.267. The number of primary amides is 1. The van der Waals surface area contributed by atoms with Crippen molar-refractivity contribution in [3.63, 3.8) is 0 Å². The maximum atomic E-state index is 13.8. The average molecular weight is 515 g/mol. The van der Waals surface area contributed by atoms with Gasteiger partial charge in [-0.3, -0.25) is 9.59 Å². The lowest BCUT2D eigenvalue weighted by Crippen LogP contribution is -2.50. The number of aromatic nitrogens is 1. The maximum Gasteiger partial charge on any atom is 0.431 e. The number of amides is 2. The second-order valence-electron chi connectivity index (χ2n) is 8.91. The van der Waals surface area contributed by atoms with E-state index in [-0.39, 0.29) is 37.1 Å².